The minimum Gasteiger partial charge on any atom is -0.103 e. The number of allylic oxidation sites excluding steroid dienone is 1. The Balaban J connectivity index is 3.30. The van der Waals surface area contributed by atoms with Gasteiger partial charge in [-0.05, 0) is 30.6 Å². The maximum atomic E-state index is 3.79. The van der Waals surface area contributed by atoms with E-state index in [1.54, 1.807) is 0 Å². The maximum absolute atomic E-state index is 3.79. The Hall–Kier alpha value is -0.260. The van der Waals surface area contributed by atoms with Crippen LogP contribution in [0.1, 0.15) is 150 Å². The van der Waals surface area contributed by atoms with Crippen molar-refractivity contribution >= 4 is 0 Å². The van der Waals surface area contributed by atoms with Crippen molar-refractivity contribution in [1.29, 1.82) is 0 Å². The predicted molar refractivity (Wildman–Crippen MR) is 131 cm³/mol. The molecule has 0 nitrogen and oxygen atoms in total. The average Bonchev–Trinajstić information content (AvgIpc) is 2.68. The first-order valence-corrected chi connectivity index (χ1v) is 13.2. The maximum Gasteiger partial charge on any atom is -0.0353 e. The van der Waals surface area contributed by atoms with E-state index < -0.39 is 0 Å². The standard InChI is InChI=1S/C28H56/c1-6-8-9-10-11-12-13-14-15-16-17-18-21-27(4)24-20-25-28(5)23-19-22-26(3)7-2/h6,26-28H,1,7-25H2,2-5H3. The molecule has 0 bridgehead atoms. The molecule has 168 valence electrons. The highest BCUT2D eigenvalue weighted by molar-refractivity contribution is 4.65. The second-order valence-electron chi connectivity index (χ2n) is 9.99. The molecule has 0 aromatic rings. The van der Waals surface area contributed by atoms with E-state index in [-0.39, 0.29) is 0 Å². The van der Waals surface area contributed by atoms with Crippen molar-refractivity contribution in [1.82, 2.24) is 0 Å². The number of rotatable bonds is 22. The minimum absolute atomic E-state index is 0.930. The van der Waals surface area contributed by atoms with Crippen molar-refractivity contribution in [3.8, 4) is 0 Å². The van der Waals surface area contributed by atoms with Crippen molar-refractivity contribution < 1.29 is 0 Å². The van der Waals surface area contributed by atoms with Gasteiger partial charge in [-0.15, -0.1) is 6.58 Å². The molecule has 28 heavy (non-hydrogen) atoms. The summed E-state index contributed by atoms with van der Waals surface area (Å²) in [6.45, 7) is 13.5. The van der Waals surface area contributed by atoms with Gasteiger partial charge in [0.15, 0.2) is 0 Å². The Labute approximate surface area is 180 Å². The topological polar surface area (TPSA) is 0 Å². The van der Waals surface area contributed by atoms with Gasteiger partial charge in [-0.1, -0.05) is 143 Å². The Bertz CT molecular complexity index is 305. The summed E-state index contributed by atoms with van der Waals surface area (Å²) < 4.78 is 0. The Kier molecular flexibility index (Phi) is 21.2. The van der Waals surface area contributed by atoms with E-state index in [9.17, 15) is 0 Å². The van der Waals surface area contributed by atoms with E-state index in [4.69, 9.17) is 0 Å². The second kappa shape index (κ2) is 21.4. The van der Waals surface area contributed by atoms with E-state index in [0.29, 0.717) is 0 Å². The zero-order chi connectivity index (χ0) is 20.9. The molecule has 0 aliphatic carbocycles. The van der Waals surface area contributed by atoms with E-state index in [1.165, 1.54) is 122 Å². The monoisotopic (exact) mass is 392 g/mol. The largest absolute Gasteiger partial charge is 0.103 e. The molecule has 0 rings (SSSR count). The molecule has 0 aliphatic rings. The summed E-state index contributed by atoms with van der Waals surface area (Å²) in [5.74, 6) is 2.82. The fraction of sp³-hybridized carbons (Fsp3) is 0.929. The average molecular weight is 393 g/mol. The summed E-state index contributed by atoms with van der Waals surface area (Å²) in [6, 6.07) is 0. The molecule has 0 heterocycles. The summed E-state index contributed by atoms with van der Waals surface area (Å²) in [5.41, 5.74) is 0. The molecule has 0 aromatic heterocycles. The minimum atomic E-state index is 0.930. The first kappa shape index (κ1) is 27.7. The third-order valence-corrected chi connectivity index (χ3v) is 6.84. The van der Waals surface area contributed by atoms with Gasteiger partial charge < -0.3 is 0 Å². The van der Waals surface area contributed by atoms with Gasteiger partial charge in [0.2, 0.25) is 0 Å². The molecule has 3 atom stereocenters. The van der Waals surface area contributed by atoms with E-state index in [2.05, 4.69) is 40.3 Å². The number of hydrogen-bond donors (Lipinski definition) is 0. The van der Waals surface area contributed by atoms with Gasteiger partial charge in [0, 0.05) is 0 Å². The molecule has 0 saturated carbocycles. The summed E-state index contributed by atoms with van der Waals surface area (Å²) in [7, 11) is 0. The lowest BCUT2D eigenvalue weighted by Gasteiger charge is -2.15. The first-order chi connectivity index (χ1) is 13.6. The highest BCUT2D eigenvalue weighted by Gasteiger charge is 2.07. The van der Waals surface area contributed by atoms with Gasteiger partial charge in [0.25, 0.3) is 0 Å². The third kappa shape index (κ3) is 20.5. The Morgan fingerprint density at radius 2 is 0.857 bits per heavy atom. The van der Waals surface area contributed by atoms with Crippen molar-refractivity contribution in [2.45, 2.75) is 150 Å². The van der Waals surface area contributed by atoms with E-state index in [0.717, 1.165) is 17.8 Å². The fourth-order valence-electron chi connectivity index (χ4n) is 4.32. The lowest BCUT2D eigenvalue weighted by molar-refractivity contribution is 0.380. The number of hydrogen-bond acceptors (Lipinski definition) is 0. The van der Waals surface area contributed by atoms with Crippen molar-refractivity contribution in [2.24, 2.45) is 17.8 Å². The summed E-state index contributed by atoms with van der Waals surface area (Å²) in [5, 5.41) is 0. The molecule has 0 N–H and O–H groups in total. The molecule has 0 amide bonds. The number of unbranched alkanes of at least 4 members (excludes halogenated alkanes) is 10. The molecule has 0 aliphatic heterocycles. The van der Waals surface area contributed by atoms with Gasteiger partial charge in [-0.3, -0.25) is 0 Å². The normalized spacial score (nSPS) is 14.7. The lowest BCUT2D eigenvalue weighted by atomic mass is 9.91. The summed E-state index contributed by atoms with van der Waals surface area (Å²) >= 11 is 0. The molecule has 3 unspecified atom stereocenters. The van der Waals surface area contributed by atoms with Gasteiger partial charge >= 0.3 is 0 Å². The molecule has 0 fully saturated rings. The van der Waals surface area contributed by atoms with Crippen LogP contribution in [0.25, 0.3) is 0 Å². The molecule has 0 radical (unpaired) electrons. The fourth-order valence-corrected chi connectivity index (χ4v) is 4.32. The molecular formula is C28H56. The van der Waals surface area contributed by atoms with Crippen LogP contribution in [0.15, 0.2) is 12.7 Å². The highest BCUT2D eigenvalue weighted by atomic mass is 14.1. The van der Waals surface area contributed by atoms with E-state index >= 15 is 0 Å². The molecule has 0 aromatic carbocycles. The summed E-state index contributed by atoms with van der Waals surface area (Å²) in [4.78, 5) is 0. The molecule has 0 spiro atoms. The van der Waals surface area contributed by atoms with Crippen LogP contribution in [0, 0.1) is 17.8 Å². The predicted octanol–water partition coefficient (Wildman–Crippen LogP) is 10.5. The van der Waals surface area contributed by atoms with Crippen molar-refractivity contribution in [3.05, 3.63) is 12.7 Å². The van der Waals surface area contributed by atoms with Crippen LogP contribution in [0.4, 0.5) is 0 Å². The van der Waals surface area contributed by atoms with Crippen LogP contribution in [0.3, 0.4) is 0 Å². The van der Waals surface area contributed by atoms with Gasteiger partial charge in [0.1, 0.15) is 0 Å². The molecule has 0 saturated heterocycles. The van der Waals surface area contributed by atoms with Crippen LogP contribution < -0.4 is 0 Å². The smallest absolute Gasteiger partial charge is 0.0353 e. The zero-order valence-electron chi connectivity index (χ0n) is 20.5. The van der Waals surface area contributed by atoms with Gasteiger partial charge in [-0.2, -0.15) is 0 Å². The first-order valence-electron chi connectivity index (χ1n) is 13.2. The SMILES string of the molecule is C=CCCCCCCCCCCCCC(C)CCCC(C)CCCC(C)CC. The Morgan fingerprint density at radius 3 is 1.29 bits per heavy atom. The highest BCUT2D eigenvalue weighted by Crippen LogP contribution is 2.22. The van der Waals surface area contributed by atoms with Gasteiger partial charge in [-0.25, -0.2) is 0 Å². The van der Waals surface area contributed by atoms with Crippen LogP contribution in [0.2, 0.25) is 0 Å². The van der Waals surface area contributed by atoms with Crippen LogP contribution in [-0.4, -0.2) is 0 Å². The Morgan fingerprint density at radius 1 is 0.500 bits per heavy atom. The quantitative estimate of drug-likeness (QED) is 0.127. The van der Waals surface area contributed by atoms with Crippen LogP contribution in [-0.2, 0) is 0 Å². The lowest BCUT2D eigenvalue weighted by Crippen LogP contribution is -2.00. The van der Waals surface area contributed by atoms with E-state index in [1.807, 2.05) is 0 Å². The van der Waals surface area contributed by atoms with Gasteiger partial charge in [0.05, 0.1) is 0 Å². The molecular weight excluding hydrogens is 336 g/mol. The zero-order valence-corrected chi connectivity index (χ0v) is 20.5. The van der Waals surface area contributed by atoms with Crippen LogP contribution in [0.5, 0.6) is 0 Å². The van der Waals surface area contributed by atoms with Crippen molar-refractivity contribution in [3.63, 3.8) is 0 Å². The third-order valence-electron chi connectivity index (χ3n) is 6.84. The summed E-state index contributed by atoms with van der Waals surface area (Å²) in [6.07, 6.45) is 29.2. The second-order valence-corrected chi connectivity index (χ2v) is 9.99. The molecule has 0 heteroatoms. The van der Waals surface area contributed by atoms with Crippen molar-refractivity contribution in [2.75, 3.05) is 0 Å². The van der Waals surface area contributed by atoms with Crippen LogP contribution >= 0.6 is 0 Å².